The lowest BCUT2D eigenvalue weighted by Crippen LogP contribution is -2.10. The summed E-state index contributed by atoms with van der Waals surface area (Å²) < 4.78 is 5.16. The van der Waals surface area contributed by atoms with Crippen molar-refractivity contribution in [3.63, 3.8) is 0 Å². The Morgan fingerprint density at radius 2 is 1.90 bits per heavy atom. The predicted octanol–water partition coefficient (Wildman–Crippen LogP) is 2.88. The van der Waals surface area contributed by atoms with Crippen molar-refractivity contribution in [3.8, 4) is 5.75 Å². The molecule has 0 fully saturated rings. The summed E-state index contributed by atoms with van der Waals surface area (Å²) >= 11 is 0. The summed E-state index contributed by atoms with van der Waals surface area (Å²) in [5, 5.41) is 6.49. The number of nitrogens with zero attached hydrogens (tertiary/aromatic N) is 2. The van der Waals surface area contributed by atoms with Crippen LogP contribution in [0.5, 0.6) is 5.75 Å². The van der Waals surface area contributed by atoms with Crippen molar-refractivity contribution in [2.45, 2.75) is 20.3 Å². The van der Waals surface area contributed by atoms with Crippen LogP contribution < -0.4 is 15.4 Å². The minimum absolute atomic E-state index is 0.662. The number of aromatic nitrogens is 2. The Bertz CT molecular complexity index is 569. The fraction of sp³-hybridized carbons (Fsp3) is 0.375. The molecule has 0 aliphatic heterocycles. The molecule has 112 valence electrons. The van der Waals surface area contributed by atoms with E-state index in [1.54, 1.807) is 7.11 Å². The van der Waals surface area contributed by atoms with Gasteiger partial charge in [0.15, 0.2) is 0 Å². The van der Waals surface area contributed by atoms with Gasteiger partial charge in [-0.1, -0.05) is 12.1 Å². The van der Waals surface area contributed by atoms with Gasteiger partial charge in [-0.3, -0.25) is 0 Å². The fourth-order valence-corrected chi connectivity index (χ4v) is 1.98. The van der Waals surface area contributed by atoms with Gasteiger partial charge in [-0.25, -0.2) is 4.98 Å². The Morgan fingerprint density at radius 3 is 2.57 bits per heavy atom. The van der Waals surface area contributed by atoms with Gasteiger partial charge in [-0.2, -0.15) is 4.98 Å². The summed E-state index contributed by atoms with van der Waals surface area (Å²) in [6.45, 7) is 5.68. The molecule has 1 aromatic heterocycles. The minimum Gasteiger partial charge on any atom is -0.497 e. The highest BCUT2D eigenvalue weighted by atomic mass is 16.5. The molecule has 0 saturated carbocycles. The highest BCUT2D eigenvalue weighted by Crippen LogP contribution is 2.14. The lowest BCUT2D eigenvalue weighted by Gasteiger charge is -2.10. The summed E-state index contributed by atoms with van der Waals surface area (Å²) in [4.78, 5) is 8.71. The van der Waals surface area contributed by atoms with Crippen molar-refractivity contribution in [1.29, 1.82) is 0 Å². The van der Waals surface area contributed by atoms with Crippen molar-refractivity contribution in [3.05, 3.63) is 41.6 Å². The lowest BCUT2D eigenvalue weighted by molar-refractivity contribution is 0.414. The first kappa shape index (κ1) is 15.1. The van der Waals surface area contributed by atoms with Gasteiger partial charge < -0.3 is 15.4 Å². The molecular formula is C16H22N4O. The number of hydrogen-bond donors (Lipinski definition) is 2. The van der Waals surface area contributed by atoms with Crippen molar-refractivity contribution in [2.75, 3.05) is 30.8 Å². The first-order valence-corrected chi connectivity index (χ1v) is 7.17. The molecular weight excluding hydrogens is 264 g/mol. The second kappa shape index (κ2) is 7.47. The van der Waals surface area contributed by atoms with Gasteiger partial charge >= 0.3 is 0 Å². The molecule has 21 heavy (non-hydrogen) atoms. The molecule has 0 saturated heterocycles. The predicted molar refractivity (Wildman–Crippen MR) is 86.1 cm³/mol. The van der Waals surface area contributed by atoms with Crippen molar-refractivity contribution in [1.82, 2.24) is 9.97 Å². The molecule has 0 unspecified atom stereocenters. The fourth-order valence-electron chi connectivity index (χ4n) is 1.98. The molecule has 0 amide bonds. The van der Waals surface area contributed by atoms with E-state index < -0.39 is 0 Å². The summed E-state index contributed by atoms with van der Waals surface area (Å²) in [6, 6.07) is 8.12. The number of rotatable bonds is 7. The van der Waals surface area contributed by atoms with Crippen LogP contribution in [0.3, 0.4) is 0 Å². The molecule has 2 rings (SSSR count). The number of ether oxygens (including phenoxy) is 1. The number of anilines is 2. The van der Waals surface area contributed by atoms with E-state index in [1.807, 2.05) is 32.2 Å². The number of nitrogens with one attached hydrogen (secondary N) is 2. The van der Waals surface area contributed by atoms with Gasteiger partial charge in [0.1, 0.15) is 11.6 Å². The number of benzene rings is 1. The Labute approximate surface area is 125 Å². The van der Waals surface area contributed by atoms with E-state index >= 15 is 0 Å². The molecule has 0 radical (unpaired) electrons. The standard InChI is InChI=1S/C16H22N4O/c1-4-17-16-19-11-12(2)15(20-16)18-10-9-13-5-7-14(21-3)8-6-13/h5-8,11H,4,9-10H2,1-3H3,(H2,17,18,19,20). The monoisotopic (exact) mass is 286 g/mol. The second-order valence-corrected chi connectivity index (χ2v) is 4.78. The van der Waals surface area contributed by atoms with Crippen molar-refractivity contribution < 1.29 is 4.74 Å². The smallest absolute Gasteiger partial charge is 0.224 e. The zero-order valence-corrected chi connectivity index (χ0v) is 12.8. The van der Waals surface area contributed by atoms with Gasteiger partial charge in [0.05, 0.1) is 7.11 Å². The number of methoxy groups -OCH3 is 1. The van der Waals surface area contributed by atoms with Gasteiger partial charge in [-0.05, 0) is 38.0 Å². The molecule has 5 heteroatoms. The molecule has 0 aliphatic rings. The molecule has 0 bridgehead atoms. The Morgan fingerprint density at radius 1 is 1.14 bits per heavy atom. The van der Waals surface area contributed by atoms with E-state index in [0.717, 1.165) is 36.6 Å². The van der Waals surface area contributed by atoms with Gasteiger partial charge in [-0.15, -0.1) is 0 Å². The summed E-state index contributed by atoms with van der Waals surface area (Å²) in [5.74, 6) is 2.43. The highest BCUT2D eigenvalue weighted by molar-refractivity contribution is 5.46. The zero-order valence-electron chi connectivity index (χ0n) is 12.8. The van der Waals surface area contributed by atoms with E-state index in [4.69, 9.17) is 4.74 Å². The van der Waals surface area contributed by atoms with Crippen LogP contribution in [0.15, 0.2) is 30.5 Å². The first-order valence-electron chi connectivity index (χ1n) is 7.17. The van der Waals surface area contributed by atoms with E-state index in [-0.39, 0.29) is 0 Å². The lowest BCUT2D eigenvalue weighted by atomic mass is 10.1. The first-order chi connectivity index (χ1) is 10.2. The maximum absolute atomic E-state index is 5.16. The van der Waals surface area contributed by atoms with Crippen molar-refractivity contribution in [2.24, 2.45) is 0 Å². The third kappa shape index (κ3) is 4.34. The quantitative estimate of drug-likeness (QED) is 0.819. The van der Waals surface area contributed by atoms with Crippen LogP contribution in [0.1, 0.15) is 18.1 Å². The number of hydrogen-bond acceptors (Lipinski definition) is 5. The Kier molecular flexibility index (Phi) is 5.37. The molecule has 5 nitrogen and oxygen atoms in total. The van der Waals surface area contributed by atoms with Gasteiger partial charge in [0.25, 0.3) is 0 Å². The number of aryl methyl sites for hydroxylation is 1. The molecule has 1 heterocycles. The van der Waals surface area contributed by atoms with Crippen LogP contribution in [-0.4, -0.2) is 30.2 Å². The topological polar surface area (TPSA) is 59.1 Å². The van der Waals surface area contributed by atoms with Crippen LogP contribution in [-0.2, 0) is 6.42 Å². The molecule has 0 atom stereocenters. The molecule has 0 spiro atoms. The molecule has 0 aliphatic carbocycles. The summed E-state index contributed by atoms with van der Waals surface area (Å²) in [5.41, 5.74) is 2.31. The van der Waals surface area contributed by atoms with Gasteiger partial charge in [0, 0.05) is 24.8 Å². The average Bonchev–Trinajstić information content (AvgIpc) is 2.51. The summed E-state index contributed by atoms with van der Waals surface area (Å²) in [7, 11) is 1.68. The van der Waals surface area contributed by atoms with Crippen molar-refractivity contribution >= 4 is 11.8 Å². The van der Waals surface area contributed by atoms with Crippen LogP contribution in [0.25, 0.3) is 0 Å². The molecule has 2 aromatic rings. The SMILES string of the molecule is CCNc1ncc(C)c(NCCc2ccc(OC)cc2)n1. The van der Waals surface area contributed by atoms with Crippen LogP contribution in [0, 0.1) is 6.92 Å². The highest BCUT2D eigenvalue weighted by Gasteiger charge is 2.03. The van der Waals surface area contributed by atoms with E-state index in [9.17, 15) is 0 Å². The minimum atomic E-state index is 0.662. The Hall–Kier alpha value is -2.30. The normalized spacial score (nSPS) is 10.2. The van der Waals surface area contributed by atoms with E-state index in [1.165, 1.54) is 5.56 Å². The van der Waals surface area contributed by atoms with E-state index in [2.05, 4.69) is 32.7 Å². The Balaban J connectivity index is 1.91. The molecule has 1 aromatic carbocycles. The second-order valence-electron chi connectivity index (χ2n) is 4.78. The maximum atomic E-state index is 5.16. The molecule has 2 N–H and O–H groups in total. The van der Waals surface area contributed by atoms with Crippen LogP contribution >= 0.6 is 0 Å². The van der Waals surface area contributed by atoms with Crippen LogP contribution in [0.2, 0.25) is 0 Å². The van der Waals surface area contributed by atoms with E-state index in [0.29, 0.717) is 5.95 Å². The largest absolute Gasteiger partial charge is 0.497 e. The maximum Gasteiger partial charge on any atom is 0.224 e. The third-order valence-electron chi connectivity index (χ3n) is 3.17. The van der Waals surface area contributed by atoms with Crippen LogP contribution in [0.4, 0.5) is 11.8 Å². The average molecular weight is 286 g/mol. The summed E-state index contributed by atoms with van der Waals surface area (Å²) in [6.07, 6.45) is 2.77. The van der Waals surface area contributed by atoms with Gasteiger partial charge in [0.2, 0.25) is 5.95 Å². The third-order valence-corrected chi connectivity index (χ3v) is 3.17. The zero-order chi connectivity index (χ0) is 15.1.